The van der Waals surface area contributed by atoms with Crippen molar-refractivity contribution >= 4 is 0 Å². The van der Waals surface area contributed by atoms with E-state index in [-0.39, 0.29) is 12.6 Å². The number of aliphatic hydroxyl groups is 1. The van der Waals surface area contributed by atoms with Crippen molar-refractivity contribution in [1.29, 1.82) is 0 Å². The molecule has 3 N–H and O–H groups in total. The van der Waals surface area contributed by atoms with Gasteiger partial charge in [0.25, 0.3) is 0 Å². The highest BCUT2D eigenvalue weighted by atomic mass is 16.3. The van der Waals surface area contributed by atoms with Crippen LogP contribution < -0.4 is 5.73 Å². The van der Waals surface area contributed by atoms with Crippen LogP contribution in [0.4, 0.5) is 0 Å². The number of nitrogens with two attached hydrogens (primary N) is 1. The third kappa shape index (κ3) is 6.05. The van der Waals surface area contributed by atoms with Crippen molar-refractivity contribution in [2.75, 3.05) is 6.61 Å². The Hall–Kier alpha value is -0.0800. The average Bonchev–Trinajstić information content (AvgIpc) is 1.98. The number of aliphatic hydroxyl groups excluding tert-OH is 1. The number of unbranched alkanes of at least 4 members (excludes halogenated alkanes) is 3. The first kappa shape index (κ1) is 9.92. The summed E-state index contributed by atoms with van der Waals surface area (Å²) >= 11 is 0. The van der Waals surface area contributed by atoms with Crippen LogP contribution in [0.3, 0.4) is 0 Å². The molecule has 0 aliphatic heterocycles. The molecule has 10 heavy (non-hydrogen) atoms. The average molecular weight is 145 g/mol. The Labute approximate surface area is 63.4 Å². The summed E-state index contributed by atoms with van der Waals surface area (Å²) < 4.78 is 0. The predicted molar refractivity (Wildman–Crippen MR) is 43.8 cm³/mol. The van der Waals surface area contributed by atoms with Crippen LogP contribution >= 0.6 is 0 Å². The highest BCUT2D eigenvalue weighted by Crippen LogP contribution is 2.03. The van der Waals surface area contributed by atoms with Crippen LogP contribution in [0.15, 0.2) is 0 Å². The minimum Gasteiger partial charge on any atom is -0.395 e. The Balaban J connectivity index is 2.89. The summed E-state index contributed by atoms with van der Waals surface area (Å²) in [6.07, 6.45) is 5.93. The van der Waals surface area contributed by atoms with Gasteiger partial charge in [0.15, 0.2) is 0 Å². The van der Waals surface area contributed by atoms with E-state index in [0.29, 0.717) is 0 Å². The minimum absolute atomic E-state index is 0.0110. The number of hydrogen-bond acceptors (Lipinski definition) is 2. The normalized spacial score (nSPS) is 13.5. The molecule has 0 aromatic rings. The molecule has 0 aliphatic rings. The van der Waals surface area contributed by atoms with Crippen molar-refractivity contribution < 1.29 is 5.11 Å². The molecule has 0 aromatic heterocycles. The Morgan fingerprint density at radius 3 is 2.50 bits per heavy atom. The Morgan fingerprint density at radius 2 is 2.00 bits per heavy atom. The topological polar surface area (TPSA) is 46.2 Å². The zero-order valence-corrected chi connectivity index (χ0v) is 6.84. The third-order valence-corrected chi connectivity index (χ3v) is 1.66. The molecule has 0 aromatic carbocycles. The summed E-state index contributed by atoms with van der Waals surface area (Å²) in [6.45, 7) is 2.32. The molecule has 62 valence electrons. The summed E-state index contributed by atoms with van der Waals surface area (Å²) in [5.41, 5.74) is 5.51. The molecule has 0 fully saturated rings. The molecule has 0 radical (unpaired) electrons. The van der Waals surface area contributed by atoms with Crippen LogP contribution in [0.25, 0.3) is 0 Å². The fourth-order valence-electron chi connectivity index (χ4n) is 0.925. The maximum Gasteiger partial charge on any atom is 0.0582 e. The van der Waals surface area contributed by atoms with Crippen LogP contribution in [-0.2, 0) is 0 Å². The molecule has 0 saturated carbocycles. The maximum absolute atomic E-state index is 8.57. The Kier molecular flexibility index (Phi) is 6.98. The molecule has 0 bridgehead atoms. The molecule has 0 unspecified atom stereocenters. The van der Waals surface area contributed by atoms with E-state index in [1.807, 2.05) is 0 Å². The van der Waals surface area contributed by atoms with Gasteiger partial charge < -0.3 is 10.8 Å². The first-order chi connectivity index (χ1) is 4.81. The monoisotopic (exact) mass is 145 g/mol. The van der Waals surface area contributed by atoms with Crippen LogP contribution in [0.1, 0.15) is 39.0 Å². The molecular formula is C8H19NO. The van der Waals surface area contributed by atoms with Gasteiger partial charge in [0, 0.05) is 6.04 Å². The number of rotatable bonds is 6. The quantitative estimate of drug-likeness (QED) is 0.553. The maximum atomic E-state index is 8.57. The first-order valence-corrected chi connectivity index (χ1v) is 4.17. The fourth-order valence-corrected chi connectivity index (χ4v) is 0.925. The van der Waals surface area contributed by atoms with Gasteiger partial charge in [-0.2, -0.15) is 0 Å². The second-order valence-corrected chi connectivity index (χ2v) is 2.79. The van der Waals surface area contributed by atoms with Crippen LogP contribution in [-0.4, -0.2) is 17.8 Å². The van der Waals surface area contributed by atoms with Crippen molar-refractivity contribution in [2.45, 2.75) is 45.1 Å². The molecule has 0 aliphatic carbocycles. The predicted octanol–water partition coefficient (Wildman–Crippen LogP) is 1.28. The van der Waals surface area contributed by atoms with E-state index >= 15 is 0 Å². The smallest absolute Gasteiger partial charge is 0.0582 e. The Bertz CT molecular complexity index is 66.3. The molecule has 1 atom stereocenters. The molecular weight excluding hydrogens is 126 g/mol. The van der Waals surface area contributed by atoms with E-state index in [2.05, 4.69) is 6.92 Å². The molecule has 0 spiro atoms. The highest BCUT2D eigenvalue weighted by molar-refractivity contribution is 4.57. The third-order valence-electron chi connectivity index (χ3n) is 1.66. The summed E-state index contributed by atoms with van der Waals surface area (Å²) in [4.78, 5) is 0. The van der Waals surface area contributed by atoms with Gasteiger partial charge in [0.2, 0.25) is 0 Å². The first-order valence-electron chi connectivity index (χ1n) is 4.17. The minimum atomic E-state index is 0.0110. The summed E-state index contributed by atoms with van der Waals surface area (Å²) in [7, 11) is 0. The van der Waals surface area contributed by atoms with Gasteiger partial charge in [0.1, 0.15) is 0 Å². The highest BCUT2D eigenvalue weighted by Gasteiger charge is 1.97. The van der Waals surface area contributed by atoms with Crippen LogP contribution in [0, 0.1) is 0 Å². The van der Waals surface area contributed by atoms with E-state index < -0.39 is 0 Å². The number of hydrogen-bond donors (Lipinski definition) is 2. The zero-order valence-electron chi connectivity index (χ0n) is 6.84. The molecule has 0 amide bonds. The lowest BCUT2D eigenvalue weighted by Crippen LogP contribution is -2.23. The van der Waals surface area contributed by atoms with E-state index in [9.17, 15) is 0 Å². The summed E-state index contributed by atoms with van der Waals surface area (Å²) in [5, 5.41) is 8.57. The van der Waals surface area contributed by atoms with Crippen LogP contribution in [0.5, 0.6) is 0 Å². The van der Waals surface area contributed by atoms with Crippen molar-refractivity contribution in [3.63, 3.8) is 0 Å². The van der Waals surface area contributed by atoms with Crippen molar-refractivity contribution in [2.24, 2.45) is 5.73 Å². The van der Waals surface area contributed by atoms with E-state index in [4.69, 9.17) is 10.8 Å². The summed E-state index contributed by atoms with van der Waals surface area (Å²) in [6, 6.07) is 0.0110. The second-order valence-electron chi connectivity index (χ2n) is 2.79. The molecule has 0 rings (SSSR count). The van der Waals surface area contributed by atoms with Crippen molar-refractivity contribution in [3.05, 3.63) is 0 Å². The van der Waals surface area contributed by atoms with Gasteiger partial charge >= 0.3 is 0 Å². The zero-order chi connectivity index (χ0) is 7.82. The fraction of sp³-hybridized carbons (Fsp3) is 1.00. The van der Waals surface area contributed by atoms with E-state index in [1.165, 1.54) is 19.3 Å². The molecule has 2 heteroatoms. The lowest BCUT2D eigenvalue weighted by atomic mass is 10.1. The molecule has 0 heterocycles. The SMILES string of the molecule is CCCCCC[C@H](N)CO. The van der Waals surface area contributed by atoms with Crippen molar-refractivity contribution in [1.82, 2.24) is 0 Å². The van der Waals surface area contributed by atoms with Gasteiger partial charge in [-0.05, 0) is 6.42 Å². The van der Waals surface area contributed by atoms with E-state index in [1.54, 1.807) is 0 Å². The van der Waals surface area contributed by atoms with Crippen LogP contribution in [0.2, 0.25) is 0 Å². The van der Waals surface area contributed by atoms with Crippen molar-refractivity contribution in [3.8, 4) is 0 Å². The van der Waals surface area contributed by atoms with Gasteiger partial charge in [-0.15, -0.1) is 0 Å². The van der Waals surface area contributed by atoms with Gasteiger partial charge in [0.05, 0.1) is 6.61 Å². The largest absolute Gasteiger partial charge is 0.395 e. The lowest BCUT2D eigenvalue weighted by Gasteiger charge is -2.05. The van der Waals surface area contributed by atoms with Gasteiger partial charge in [-0.25, -0.2) is 0 Å². The standard InChI is InChI=1S/C8H19NO/c1-2-3-4-5-6-8(9)7-10/h8,10H,2-7,9H2,1H3/t8-/m0/s1. The Morgan fingerprint density at radius 1 is 1.30 bits per heavy atom. The molecule has 0 saturated heterocycles. The van der Waals surface area contributed by atoms with Gasteiger partial charge in [-0.1, -0.05) is 32.6 Å². The summed E-state index contributed by atoms with van der Waals surface area (Å²) in [5.74, 6) is 0. The lowest BCUT2D eigenvalue weighted by molar-refractivity contribution is 0.257. The van der Waals surface area contributed by atoms with Gasteiger partial charge in [-0.3, -0.25) is 0 Å². The van der Waals surface area contributed by atoms with E-state index in [0.717, 1.165) is 12.8 Å². The molecule has 2 nitrogen and oxygen atoms in total. The second kappa shape index (κ2) is 7.03.